The maximum atomic E-state index is 12.6. The third kappa shape index (κ3) is 4.43. The predicted molar refractivity (Wildman–Crippen MR) is 80.3 cm³/mol. The van der Waals surface area contributed by atoms with Crippen molar-refractivity contribution in [2.24, 2.45) is 0 Å². The summed E-state index contributed by atoms with van der Waals surface area (Å²) >= 11 is 0. The Bertz CT molecular complexity index is 591. The van der Waals surface area contributed by atoms with Crippen molar-refractivity contribution in [3.63, 3.8) is 0 Å². The zero-order valence-electron chi connectivity index (χ0n) is 13.2. The van der Waals surface area contributed by atoms with Gasteiger partial charge in [-0.15, -0.1) is 0 Å². The number of aryl methyl sites for hydroxylation is 2. The first-order chi connectivity index (χ1) is 10.3. The number of benzene rings is 1. The Morgan fingerprint density at radius 1 is 1.23 bits per heavy atom. The molecule has 1 aromatic carbocycles. The molecule has 0 aliphatic heterocycles. The Morgan fingerprint density at radius 3 is 2.32 bits per heavy atom. The van der Waals surface area contributed by atoms with Gasteiger partial charge in [0, 0.05) is 13.6 Å². The SMILES string of the molecule is COc1cc(C)c(S(=O)(=O)N(C)CCOCOC=O)c(C)c1. The maximum absolute atomic E-state index is 12.6. The molecule has 0 aromatic heterocycles. The van der Waals surface area contributed by atoms with Crippen molar-refractivity contribution in [3.05, 3.63) is 23.3 Å². The van der Waals surface area contributed by atoms with E-state index in [-0.39, 0.29) is 31.3 Å². The second-order valence-corrected chi connectivity index (χ2v) is 6.69. The van der Waals surface area contributed by atoms with Crippen molar-refractivity contribution in [2.75, 3.05) is 34.1 Å². The molecule has 0 saturated heterocycles. The molecule has 1 aromatic rings. The summed E-state index contributed by atoms with van der Waals surface area (Å²) in [5.74, 6) is 0.617. The van der Waals surface area contributed by atoms with Gasteiger partial charge in [0.1, 0.15) is 5.75 Å². The number of methoxy groups -OCH3 is 1. The van der Waals surface area contributed by atoms with Crippen LogP contribution in [0.3, 0.4) is 0 Å². The molecule has 0 unspecified atom stereocenters. The molecule has 0 fully saturated rings. The molecule has 0 spiro atoms. The van der Waals surface area contributed by atoms with Crippen molar-refractivity contribution in [1.82, 2.24) is 4.31 Å². The van der Waals surface area contributed by atoms with Crippen LogP contribution in [-0.4, -0.2) is 53.3 Å². The van der Waals surface area contributed by atoms with Crippen LogP contribution in [0.2, 0.25) is 0 Å². The summed E-state index contributed by atoms with van der Waals surface area (Å²) in [6, 6.07) is 3.37. The van der Waals surface area contributed by atoms with Gasteiger partial charge in [0.25, 0.3) is 6.47 Å². The average Bonchev–Trinajstić information content (AvgIpc) is 2.45. The number of sulfonamides is 1. The van der Waals surface area contributed by atoms with E-state index in [1.807, 2.05) is 0 Å². The summed E-state index contributed by atoms with van der Waals surface area (Å²) in [6.07, 6.45) is 0. The molecular weight excluding hydrogens is 310 g/mol. The van der Waals surface area contributed by atoms with Crippen LogP contribution in [0, 0.1) is 13.8 Å². The number of likely N-dealkylation sites (N-methyl/N-ethyl adjacent to an activating group) is 1. The average molecular weight is 331 g/mol. The molecule has 1 rings (SSSR count). The predicted octanol–water partition coefficient (Wildman–Crippen LogP) is 1.08. The molecule has 0 aliphatic rings. The topological polar surface area (TPSA) is 82.1 Å². The van der Waals surface area contributed by atoms with Gasteiger partial charge >= 0.3 is 0 Å². The first-order valence-corrected chi connectivity index (χ1v) is 8.03. The molecule has 22 heavy (non-hydrogen) atoms. The second-order valence-electron chi connectivity index (χ2n) is 4.71. The fourth-order valence-electron chi connectivity index (χ4n) is 2.04. The van der Waals surface area contributed by atoms with Crippen LogP contribution in [0.5, 0.6) is 5.75 Å². The Morgan fingerprint density at radius 2 is 1.82 bits per heavy atom. The molecule has 0 saturated carbocycles. The van der Waals surface area contributed by atoms with Crippen LogP contribution in [0.1, 0.15) is 11.1 Å². The molecule has 0 aliphatic carbocycles. The largest absolute Gasteiger partial charge is 0.497 e. The van der Waals surface area contributed by atoms with Crippen LogP contribution >= 0.6 is 0 Å². The molecule has 7 nitrogen and oxygen atoms in total. The van der Waals surface area contributed by atoms with Gasteiger partial charge in [-0.1, -0.05) is 0 Å². The molecule has 0 bridgehead atoms. The Hall–Kier alpha value is -1.64. The molecule has 0 heterocycles. The van der Waals surface area contributed by atoms with Gasteiger partial charge in [0.2, 0.25) is 10.0 Å². The van der Waals surface area contributed by atoms with Crippen LogP contribution in [0.4, 0.5) is 0 Å². The lowest BCUT2D eigenvalue weighted by Crippen LogP contribution is -2.31. The Balaban J connectivity index is 2.87. The van der Waals surface area contributed by atoms with Gasteiger partial charge in [-0.05, 0) is 37.1 Å². The van der Waals surface area contributed by atoms with E-state index >= 15 is 0 Å². The summed E-state index contributed by atoms with van der Waals surface area (Å²) in [6.45, 7) is 3.80. The van der Waals surface area contributed by atoms with Crippen molar-refractivity contribution in [3.8, 4) is 5.75 Å². The molecule has 8 heteroatoms. The van der Waals surface area contributed by atoms with E-state index in [9.17, 15) is 13.2 Å². The lowest BCUT2D eigenvalue weighted by Gasteiger charge is -2.20. The number of hydrogen-bond donors (Lipinski definition) is 0. The number of rotatable bonds is 9. The van der Waals surface area contributed by atoms with E-state index in [1.165, 1.54) is 18.5 Å². The first-order valence-electron chi connectivity index (χ1n) is 6.59. The first kappa shape index (κ1) is 18.4. The van der Waals surface area contributed by atoms with Crippen LogP contribution in [-0.2, 0) is 24.3 Å². The van der Waals surface area contributed by atoms with Crippen LogP contribution < -0.4 is 4.74 Å². The zero-order chi connectivity index (χ0) is 16.8. The summed E-state index contributed by atoms with van der Waals surface area (Å²) in [4.78, 5) is 10.2. The lowest BCUT2D eigenvalue weighted by atomic mass is 10.1. The molecule has 0 N–H and O–H groups in total. The fourth-order valence-corrected chi connectivity index (χ4v) is 3.60. The van der Waals surface area contributed by atoms with E-state index < -0.39 is 10.0 Å². The van der Waals surface area contributed by atoms with Crippen molar-refractivity contribution in [1.29, 1.82) is 0 Å². The highest BCUT2D eigenvalue weighted by molar-refractivity contribution is 7.89. The van der Waals surface area contributed by atoms with E-state index in [0.29, 0.717) is 16.9 Å². The molecular formula is C14H21NO6S. The van der Waals surface area contributed by atoms with Crippen molar-refractivity contribution < 1.29 is 27.4 Å². The minimum atomic E-state index is -3.63. The van der Waals surface area contributed by atoms with Gasteiger partial charge in [0.05, 0.1) is 18.6 Å². The maximum Gasteiger partial charge on any atom is 0.295 e. The third-order valence-electron chi connectivity index (χ3n) is 3.11. The van der Waals surface area contributed by atoms with Crippen LogP contribution in [0.15, 0.2) is 17.0 Å². The minimum absolute atomic E-state index is 0.123. The van der Waals surface area contributed by atoms with Gasteiger partial charge in [-0.2, -0.15) is 4.31 Å². The van der Waals surface area contributed by atoms with Crippen molar-refractivity contribution >= 4 is 16.5 Å². The normalized spacial score (nSPS) is 11.5. The van der Waals surface area contributed by atoms with E-state index in [2.05, 4.69) is 4.74 Å². The van der Waals surface area contributed by atoms with Gasteiger partial charge in [0.15, 0.2) is 6.79 Å². The number of carbonyl (C=O) groups excluding carboxylic acids is 1. The molecule has 124 valence electrons. The van der Waals surface area contributed by atoms with E-state index in [4.69, 9.17) is 9.47 Å². The third-order valence-corrected chi connectivity index (χ3v) is 5.27. The van der Waals surface area contributed by atoms with Gasteiger partial charge in [-0.3, -0.25) is 4.79 Å². The monoisotopic (exact) mass is 331 g/mol. The summed E-state index contributed by atoms with van der Waals surface area (Å²) in [7, 11) is -0.621. The quantitative estimate of drug-likeness (QED) is 0.383. The molecule has 0 radical (unpaired) electrons. The smallest absolute Gasteiger partial charge is 0.295 e. The minimum Gasteiger partial charge on any atom is -0.497 e. The highest BCUT2D eigenvalue weighted by Crippen LogP contribution is 2.27. The standard InChI is InChI=1S/C14H21NO6S/c1-11-7-13(19-4)8-12(2)14(11)22(17,18)15(3)5-6-20-10-21-9-16/h7-9H,5-6,10H2,1-4H3. The summed E-state index contributed by atoms with van der Waals surface area (Å²) in [5.41, 5.74) is 1.24. The number of carbonyl (C=O) groups is 1. The van der Waals surface area contributed by atoms with Gasteiger partial charge in [-0.25, -0.2) is 8.42 Å². The second kappa shape index (κ2) is 8.11. The van der Waals surface area contributed by atoms with Crippen LogP contribution in [0.25, 0.3) is 0 Å². The number of ether oxygens (including phenoxy) is 3. The Kier molecular flexibility index (Phi) is 6.79. The molecule has 0 atom stereocenters. The summed E-state index contributed by atoms with van der Waals surface area (Å²) in [5, 5.41) is 0. The van der Waals surface area contributed by atoms with E-state index in [0.717, 1.165) is 0 Å². The van der Waals surface area contributed by atoms with Gasteiger partial charge < -0.3 is 14.2 Å². The van der Waals surface area contributed by atoms with Crippen molar-refractivity contribution in [2.45, 2.75) is 18.7 Å². The number of nitrogens with zero attached hydrogens (tertiary/aromatic N) is 1. The Labute approximate surface area is 130 Å². The highest BCUT2D eigenvalue weighted by atomic mass is 32.2. The summed E-state index contributed by atoms with van der Waals surface area (Å²) < 4.78 is 41.0. The fraction of sp³-hybridized carbons (Fsp3) is 0.500. The zero-order valence-corrected chi connectivity index (χ0v) is 14.0. The highest BCUT2D eigenvalue weighted by Gasteiger charge is 2.25. The molecule has 0 amide bonds. The lowest BCUT2D eigenvalue weighted by molar-refractivity contribution is -0.140. The van der Waals surface area contributed by atoms with E-state index in [1.54, 1.807) is 26.0 Å². The number of hydrogen-bond acceptors (Lipinski definition) is 6.